The summed E-state index contributed by atoms with van der Waals surface area (Å²) in [5.74, 6) is 3.88. The van der Waals surface area contributed by atoms with Crippen molar-refractivity contribution in [2.45, 2.75) is 38.3 Å². The standard InChI is InChI=1S/C15H23NO2S/c1-15(2,16)12-7-4-8-13(14(12)17-3)18-11-6-5-9-19-10-11/h4,7-8,11H,5-6,9-10,16H2,1-3H3. The van der Waals surface area contributed by atoms with Gasteiger partial charge in [-0.1, -0.05) is 12.1 Å². The number of hydrogen-bond donors (Lipinski definition) is 1. The zero-order valence-electron chi connectivity index (χ0n) is 11.9. The Labute approximate surface area is 119 Å². The van der Waals surface area contributed by atoms with E-state index >= 15 is 0 Å². The van der Waals surface area contributed by atoms with E-state index in [0.29, 0.717) is 0 Å². The summed E-state index contributed by atoms with van der Waals surface area (Å²) in [4.78, 5) is 0. The molecule has 0 bridgehead atoms. The van der Waals surface area contributed by atoms with Crippen LogP contribution in [0.2, 0.25) is 0 Å². The van der Waals surface area contributed by atoms with Crippen LogP contribution < -0.4 is 15.2 Å². The number of para-hydroxylation sites is 1. The Morgan fingerprint density at radius 3 is 2.74 bits per heavy atom. The van der Waals surface area contributed by atoms with Crippen molar-refractivity contribution in [3.05, 3.63) is 23.8 Å². The highest BCUT2D eigenvalue weighted by atomic mass is 32.2. The average molecular weight is 281 g/mol. The van der Waals surface area contributed by atoms with E-state index in [1.54, 1.807) is 7.11 Å². The highest BCUT2D eigenvalue weighted by molar-refractivity contribution is 7.99. The highest BCUT2D eigenvalue weighted by Gasteiger charge is 2.24. The predicted octanol–water partition coefficient (Wildman–Crippen LogP) is 3.16. The number of benzene rings is 1. The van der Waals surface area contributed by atoms with Gasteiger partial charge in [0.15, 0.2) is 11.5 Å². The lowest BCUT2D eigenvalue weighted by Gasteiger charge is -2.27. The third-order valence-electron chi connectivity index (χ3n) is 3.29. The Morgan fingerprint density at radius 1 is 1.37 bits per heavy atom. The fourth-order valence-corrected chi connectivity index (χ4v) is 3.35. The molecule has 1 aromatic carbocycles. The molecule has 1 heterocycles. The van der Waals surface area contributed by atoms with Crippen LogP contribution in [0.15, 0.2) is 18.2 Å². The van der Waals surface area contributed by atoms with Gasteiger partial charge in [0, 0.05) is 16.9 Å². The first-order valence-corrected chi connectivity index (χ1v) is 7.88. The molecule has 1 fully saturated rings. The third kappa shape index (κ3) is 3.57. The largest absolute Gasteiger partial charge is 0.493 e. The second kappa shape index (κ2) is 6.06. The number of ether oxygens (including phenoxy) is 2. The second-order valence-electron chi connectivity index (χ2n) is 5.52. The van der Waals surface area contributed by atoms with Crippen LogP contribution in [0.4, 0.5) is 0 Å². The van der Waals surface area contributed by atoms with E-state index in [1.807, 2.05) is 43.8 Å². The Bertz CT molecular complexity index is 423. The minimum atomic E-state index is -0.438. The van der Waals surface area contributed by atoms with Crippen molar-refractivity contribution < 1.29 is 9.47 Å². The van der Waals surface area contributed by atoms with Gasteiger partial charge in [0.05, 0.1) is 7.11 Å². The minimum Gasteiger partial charge on any atom is -0.493 e. The van der Waals surface area contributed by atoms with E-state index in [1.165, 1.54) is 12.2 Å². The lowest BCUT2D eigenvalue weighted by molar-refractivity contribution is 0.201. The summed E-state index contributed by atoms with van der Waals surface area (Å²) in [6, 6.07) is 5.95. The molecule has 2 N–H and O–H groups in total. The summed E-state index contributed by atoms with van der Waals surface area (Å²) in [5, 5.41) is 0. The molecule has 0 aliphatic carbocycles. The summed E-state index contributed by atoms with van der Waals surface area (Å²) in [5.41, 5.74) is 6.74. The van der Waals surface area contributed by atoms with E-state index < -0.39 is 5.54 Å². The summed E-state index contributed by atoms with van der Waals surface area (Å²) >= 11 is 1.95. The molecular weight excluding hydrogens is 258 g/mol. The van der Waals surface area contributed by atoms with E-state index in [4.69, 9.17) is 15.2 Å². The van der Waals surface area contributed by atoms with Crippen LogP contribution in [0.1, 0.15) is 32.3 Å². The average Bonchev–Trinajstić information content (AvgIpc) is 2.38. The summed E-state index contributed by atoms with van der Waals surface area (Å²) in [7, 11) is 1.67. The lowest BCUT2D eigenvalue weighted by atomic mass is 9.94. The van der Waals surface area contributed by atoms with Crippen LogP contribution in [0.3, 0.4) is 0 Å². The topological polar surface area (TPSA) is 44.5 Å². The predicted molar refractivity (Wildman–Crippen MR) is 81.2 cm³/mol. The second-order valence-corrected chi connectivity index (χ2v) is 6.67. The van der Waals surface area contributed by atoms with Crippen LogP contribution in [0.25, 0.3) is 0 Å². The van der Waals surface area contributed by atoms with Crippen LogP contribution in [0.5, 0.6) is 11.5 Å². The number of thioether (sulfide) groups is 1. The number of methoxy groups -OCH3 is 1. The minimum absolute atomic E-state index is 0.281. The maximum absolute atomic E-state index is 6.20. The van der Waals surface area contributed by atoms with Gasteiger partial charge in [-0.2, -0.15) is 11.8 Å². The molecule has 1 unspecified atom stereocenters. The number of nitrogens with two attached hydrogens (primary N) is 1. The number of rotatable bonds is 4. The molecule has 0 amide bonds. The van der Waals surface area contributed by atoms with Crippen molar-refractivity contribution in [1.29, 1.82) is 0 Å². The van der Waals surface area contributed by atoms with E-state index in [-0.39, 0.29) is 6.10 Å². The fourth-order valence-electron chi connectivity index (χ4n) is 2.31. The van der Waals surface area contributed by atoms with Gasteiger partial charge in [0.1, 0.15) is 6.10 Å². The molecule has 4 heteroatoms. The molecule has 0 radical (unpaired) electrons. The van der Waals surface area contributed by atoms with Gasteiger partial charge in [-0.3, -0.25) is 0 Å². The van der Waals surface area contributed by atoms with Crippen molar-refractivity contribution in [3.63, 3.8) is 0 Å². The maximum Gasteiger partial charge on any atom is 0.165 e. The molecular formula is C15H23NO2S. The molecule has 0 saturated carbocycles. The summed E-state index contributed by atoms with van der Waals surface area (Å²) < 4.78 is 11.6. The van der Waals surface area contributed by atoms with E-state index in [0.717, 1.165) is 29.2 Å². The Hall–Kier alpha value is -0.870. The number of hydrogen-bond acceptors (Lipinski definition) is 4. The van der Waals surface area contributed by atoms with Crippen molar-refractivity contribution in [2.24, 2.45) is 5.73 Å². The van der Waals surface area contributed by atoms with E-state index in [9.17, 15) is 0 Å². The molecule has 2 rings (SSSR count). The van der Waals surface area contributed by atoms with E-state index in [2.05, 4.69) is 0 Å². The Kier molecular flexibility index (Phi) is 4.63. The van der Waals surface area contributed by atoms with Crippen LogP contribution in [0, 0.1) is 0 Å². The first-order valence-electron chi connectivity index (χ1n) is 6.73. The van der Waals surface area contributed by atoms with Crippen molar-refractivity contribution in [1.82, 2.24) is 0 Å². The van der Waals surface area contributed by atoms with Gasteiger partial charge in [-0.05, 0) is 38.5 Å². The first kappa shape index (κ1) is 14.5. The molecule has 0 aromatic heterocycles. The van der Waals surface area contributed by atoms with Crippen LogP contribution in [-0.2, 0) is 5.54 Å². The third-order valence-corrected chi connectivity index (χ3v) is 4.47. The SMILES string of the molecule is COc1c(OC2CCCSC2)cccc1C(C)(C)N. The maximum atomic E-state index is 6.20. The molecule has 106 valence electrons. The van der Waals surface area contributed by atoms with Gasteiger partial charge in [-0.25, -0.2) is 0 Å². The van der Waals surface area contributed by atoms with Crippen molar-refractivity contribution >= 4 is 11.8 Å². The summed E-state index contributed by atoms with van der Waals surface area (Å²) in [6.45, 7) is 3.95. The lowest BCUT2D eigenvalue weighted by Crippen LogP contribution is -2.30. The van der Waals surface area contributed by atoms with Crippen LogP contribution >= 0.6 is 11.8 Å². The van der Waals surface area contributed by atoms with Crippen molar-refractivity contribution in [2.75, 3.05) is 18.6 Å². The quantitative estimate of drug-likeness (QED) is 0.920. The summed E-state index contributed by atoms with van der Waals surface area (Å²) in [6.07, 6.45) is 2.62. The van der Waals surface area contributed by atoms with Gasteiger partial charge in [0.2, 0.25) is 0 Å². The molecule has 1 atom stereocenters. The zero-order valence-corrected chi connectivity index (χ0v) is 12.8. The molecule has 1 aliphatic heterocycles. The molecule has 3 nitrogen and oxygen atoms in total. The van der Waals surface area contributed by atoms with Gasteiger partial charge >= 0.3 is 0 Å². The Balaban J connectivity index is 2.24. The van der Waals surface area contributed by atoms with Crippen LogP contribution in [-0.4, -0.2) is 24.7 Å². The molecule has 1 aromatic rings. The van der Waals surface area contributed by atoms with Gasteiger partial charge in [-0.15, -0.1) is 0 Å². The van der Waals surface area contributed by atoms with Gasteiger partial charge in [0.25, 0.3) is 0 Å². The Morgan fingerprint density at radius 2 is 2.16 bits per heavy atom. The molecule has 19 heavy (non-hydrogen) atoms. The van der Waals surface area contributed by atoms with Crippen molar-refractivity contribution in [3.8, 4) is 11.5 Å². The monoisotopic (exact) mass is 281 g/mol. The highest BCUT2D eigenvalue weighted by Crippen LogP contribution is 2.37. The smallest absolute Gasteiger partial charge is 0.165 e. The molecule has 1 aliphatic rings. The first-order chi connectivity index (χ1) is 9.02. The normalized spacial score (nSPS) is 20.1. The van der Waals surface area contributed by atoms with Gasteiger partial charge < -0.3 is 15.2 Å². The zero-order chi connectivity index (χ0) is 13.9. The molecule has 1 saturated heterocycles. The fraction of sp³-hybridized carbons (Fsp3) is 0.600. The molecule has 0 spiro atoms.